The van der Waals surface area contributed by atoms with E-state index in [1.165, 1.54) is 0 Å². The smallest absolute Gasteiger partial charge is 0.163 e. The number of hydrogen-bond donors (Lipinski definition) is 1. The second-order valence-electron chi connectivity index (χ2n) is 4.73. The average Bonchev–Trinajstić information content (AvgIpc) is 2.53. The number of hydrogen-bond acceptors (Lipinski definition) is 4. The molecule has 0 saturated carbocycles. The van der Waals surface area contributed by atoms with Crippen LogP contribution in [0.4, 0.5) is 11.5 Å². The molecule has 2 aromatic carbocycles. The summed E-state index contributed by atoms with van der Waals surface area (Å²) in [5, 5.41) is 10.5. The molecule has 0 aliphatic carbocycles. The van der Waals surface area contributed by atoms with Gasteiger partial charge in [0, 0.05) is 29.1 Å². The molecule has 0 spiro atoms. The van der Waals surface area contributed by atoms with Crippen molar-refractivity contribution < 1.29 is 0 Å². The summed E-state index contributed by atoms with van der Waals surface area (Å²) in [6, 6.07) is 15.8. The topological polar surface area (TPSA) is 55.0 Å². The summed E-state index contributed by atoms with van der Waals surface area (Å²) in [7, 11) is 1.96. The zero-order chi connectivity index (χ0) is 14.8. The van der Waals surface area contributed by atoms with Gasteiger partial charge in [0.1, 0.15) is 4.99 Å². The van der Waals surface area contributed by atoms with Crippen LogP contribution in [-0.4, -0.2) is 22.2 Å². The van der Waals surface area contributed by atoms with E-state index in [0.717, 1.165) is 27.8 Å². The number of nitrogens with zero attached hydrogens (tertiary/aromatic N) is 3. The zero-order valence-corrected chi connectivity index (χ0v) is 12.3. The maximum Gasteiger partial charge on any atom is 0.163 e. The number of aromatic nitrogens is 2. The number of rotatable bonds is 3. The van der Waals surface area contributed by atoms with Crippen molar-refractivity contribution >= 4 is 39.5 Å². The van der Waals surface area contributed by atoms with Gasteiger partial charge in [-0.2, -0.15) is 5.10 Å². The van der Waals surface area contributed by atoms with Crippen LogP contribution in [0.3, 0.4) is 0 Å². The summed E-state index contributed by atoms with van der Waals surface area (Å²) >= 11 is 4.97. The first-order chi connectivity index (χ1) is 10.2. The Bertz CT molecular complexity index is 793. The molecular formula is C16H14N4S. The molecule has 4 nitrogen and oxygen atoms in total. The van der Waals surface area contributed by atoms with Gasteiger partial charge in [0.25, 0.3) is 0 Å². The third-order valence-corrected chi connectivity index (χ3v) is 3.64. The first-order valence-electron chi connectivity index (χ1n) is 6.51. The monoisotopic (exact) mass is 294 g/mol. The zero-order valence-electron chi connectivity index (χ0n) is 11.5. The number of nitrogens with two attached hydrogens (primary N) is 1. The van der Waals surface area contributed by atoms with Gasteiger partial charge in [0.2, 0.25) is 0 Å². The number of anilines is 2. The van der Waals surface area contributed by atoms with Crippen LogP contribution in [0.25, 0.3) is 10.8 Å². The predicted octanol–water partition coefficient (Wildman–Crippen LogP) is 3.03. The lowest BCUT2D eigenvalue weighted by Crippen LogP contribution is -2.13. The summed E-state index contributed by atoms with van der Waals surface area (Å²) in [5.74, 6) is 0.816. The molecule has 3 rings (SSSR count). The molecule has 0 amide bonds. The summed E-state index contributed by atoms with van der Waals surface area (Å²) in [6.07, 6.45) is 1.77. The van der Waals surface area contributed by atoms with Gasteiger partial charge in [-0.15, -0.1) is 5.10 Å². The highest BCUT2D eigenvalue weighted by molar-refractivity contribution is 7.80. The van der Waals surface area contributed by atoms with Crippen LogP contribution in [0.1, 0.15) is 5.56 Å². The van der Waals surface area contributed by atoms with Crippen molar-refractivity contribution in [3.05, 3.63) is 60.3 Å². The van der Waals surface area contributed by atoms with E-state index < -0.39 is 0 Å². The summed E-state index contributed by atoms with van der Waals surface area (Å²) in [4.78, 5) is 2.40. The van der Waals surface area contributed by atoms with Crippen LogP contribution in [0.2, 0.25) is 0 Å². The van der Waals surface area contributed by atoms with Crippen LogP contribution in [0.15, 0.2) is 54.7 Å². The van der Waals surface area contributed by atoms with E-state index >= 15 is 0 Å². The Balaban J connectivity index is 2.04. The van der Waals surface area contributed by atoms with Gasteiger partial charge < -0.3 is 10.6 Å². The lowest BCUT2D eigenvalue weighted by molar-refractivity contribution is 1.01. The van der Waals surface area contributed by atoms with E-state index in [0.29, 0.717) is 4.99 Å². The van der Waals surface area contributed by atoms with Gasteiger partial charge in [-0.3, -0.25) is 0 Å². The molecule has 2 N–H and O–H groups in total. The lowest BCUT2D eigenvalue weighted by atomic mass is 10.1. The lowest BCUT2D eigenvalue weighted by Gasteiger charge is -2.19. The Morgan fingerprint density at radius 2 is 1.81 bits per heavy atom. The molecule has 0 fully saturated rings. The highest BCUT2D eigenvalue weighted by atomic mass is 32.1. The van der Waals surface area contributed by atoms with Crippen molar-refractivity contribution in [3.63, 3.8) is 0 Å². The number of fused-ring (bicyclic) bond motifs is 1. The fraction of sp³-hybridized carbons (Fsp3) is 0.0625. The molecule has 1 heterocycles. The average molecular weight is 294 g/mol. The molecule has 104 valence electrons. The van der Waals surface area contributed by atoms with Crippen molar-refractivity contribution in [2.45, 2.75) is 0 Å². The Labute approximate surface area is 128 Å². The standard InChI is InChI=1S/C16H14N4S/c1-20(13-8-6-11(7-9-13)15(17)21)16-14-5-3-2-4-12(14)10-18-19-16/h2-10H,1H3,(H2,17,21). The molecule has 5 heteroatoms. The van der Waals surface area contributed by atoms with Gasteiger partial charge in [0.15, 0.2) is 5.82 Å². The van der Waals surface area contributed by atoms with Crippen molar-refractivity contribution in [2.24, 2.45) is 5.73 Å². The molecule has 0 atom stereocenters. The summed E-state index contributed by atoms with van der Waals surface area (Å²) < 4.78 is 0. The van der Waals surface area contributed by atoms with Crippen molar-refractivity contribution in [3.8, 4) is 0 Å². The van der Waals surface area contributed by atoms with E-state index in [9.17, 15) is 0 Å². The van der Waals surface area contributed by atoms with E-state index in [4.69, 9.17) is 18.0 Å². The van der Waals surface area contributed by atoms with Crippen LogP contribution in [0.5, 0.6) is 0 Å². The minimum absolute atomic E-state index is 0.397. The second kappa shape index (κ2) is 5.46. The maximum absolute atomic E-state index is 5.62. The molecule has 0 aliphatic rings. The van der Waals surface area contributed by atoms with E-state index in [2.05, 4.69) is 10.2 Å². The van der Waals surface area contributed by atoms with Gasteiger partial charge in [-0.05, 0) is 24.3 Å². The minimum atomic E-state index is 0.397. The SMILES string of the molecule is CN(c1ccc(C(N)=S)cc1)c1nncc2ccccc12. The Kier molecular flexibility index (Phi) is 3.50. The van der Waals surface area contributed by atoms with E-state index in [1.807, 2.05) is 60.5 Å². The normalized spacial score (nSPS) is 10.5. The molecule has 0 saturated heterocycles. The van der Waals surface area contributed by atoms with Crippen molar-refractivity contribution in [1.82, 2.24) is 10.2 Å². The first-order valence-corrected chi connectivity index (χ1v) is 6.91. The molecule has 21 heavy (non-hydrogen) atoms. The van der Waals surface area contributed by atoms with Gasteiger partial charge in [0.05, 0.1) is 6.20 Å². The maximum atomic E-state index is 5.62. The third-order valence-electron chi connectivity index (χ3n) is 3.41. The minimum Gasteiger partial charge on any atom is -0.389 e. The fourth-order valence-corrected chi connectivity index (χ4v) is 2.37. The van der Waals surface area contributed by atoms with Gasteiger partial charge in [-0.1, -0.05) is 36.5 Å². The van der Waals surface area contributed by atoms with Crippen molar-refractivity contribution in [2.75, 3.05) is 11.9 Å². The molecule has 0 radical (unpaired) electrons. The summed E-state index contributed by atoms with van der Waals surface area (Å²) in [6.45, 7) is 0. The predicted molar refractivity (Wildman–Crippen MR) is 89.9 cm³/mol. The van der Waals surface area contributed by atoms with Crippen LogP contribution in [0, 0.1) is 0 Å². The quantitative estimate of drug-likeness (QED) is 0.752. The fourth-order valence-electron chi connectivity index (χ4n) is 2.23. The second-order valence-corrected chi connectivity index (χ2v) is 5.17. The van der Waals surface area contributed by atoms with Crippen LogP contribution >= 0.6 is 12.2 Å². The molecule has 0 bridgehead atoms. The molecule has 0 aliphatic heterocycles. The molecule has 3 aromatic rings. The van der Waals surface area contributed by atoms with Gasteiger partial charge >= 0.3 is 0 Å². The van der Waals surface area contributed by atoms with Gasteiger partial charge in [-0.25, -0.2) is 0 Å². The Morgan fingerprint density at radius 1 is 1.10 bits per heavy atom. The van der Waals surface area contributed by atoms with Crippen LogP contribution in [-0.2, 0) is 0 Å². The molecule has 0 unspecified atom stereocenters. The Morgan fingerprint density at radius 3 is 2.52 bits per heavy atom. The van der Waals surface area contributed by atoms with E-state index in [-0.39, 0.29) is 0 Å². The summed E-state index contributed by atoms with van der Waals surface area (Å²) in [5.41, 5.74) is 7.47. The van der Waals surface area contributed by atoms with Crippen molar-refractivity contribution in [1.29, 1.82) is 0 Å². The highest BCUT2D eigenvalue weighted by Crippen LogP contribution is 2.28. The Hall–Kier alpha value is -2.53. The number of thiocarbonyl (C=S) groups is 1. The van der Waals surface area contributed by atoms with E-state index in [1.54, 1.807) is 6.20 Å². The third kappa shape index (κ3) is 2.55. The largest absolute Gasteiger partial charge is 0.389 e. The molecule has 1 aromatic heterocycles. The molecular weight excluding hydrogens is 280 g/mol. The number of benzene rings is 2. The highest BCUT2D eigenvalue weighted by Gasteiger charge is 2.10. The first kappa shape index (κ1) is 13.5. The van der Waals surface area contributed by atoms with Crippen LogP contribution < -0.4 is 10.6 Å².